The summed E-state index contributed by atoms with van der Waals surface area (Å²) in [4.78, 5) is 4.68. The molecule has 0 atom stereocenters. The third-order valence-corrected chi connectivity index (χ3v) is 5.19. The first-order valence-electron chi connectivity index (χ1n) is 7.84. The van der Waals surface area contributed by atoms with Crippen molar-refractivity contribution in [1.29, 1.82) is 0 Å². The summed E-state index contributed by atoms with van der Waals surface area (Å²) in [6, 6.07) is 8.44. The number of benzene rings is 1. The molecule has 118 valence electrons. The molecule has 1 aromatic carbocycles. The summed E-state index contributed by atoms with van der Waals surface area (Å²) < 4.78 is 8.45. The second kappa shape index (κ2) is 5.60. The van der Waals surface area contributed by atoms with Crippen molar-refractivity contribution < 1.29 is 4.52 Å². The quantitative estimate of drug-likeness (QED) is 0.688. The standard InChI is InChI=1S/C17H17BrN4O/c1-2-22-11-12(10-19-22)15-20-16(21-23-15)17(8-3-9-17)13-4-6-14(18)7-5-13/h4-7,10-11H,2-3,8-9H2,1H3. The van der Waals surface area contributed by atoms with Gasteiger partial charge in [0.05, 0.1) is 17.2 Å². The SMILES string of the molecule is CCn1cc(-c2nc(C3(c4ccc(Br)cc4)CCC3)no2)cn1. The number of nitrogens with zero attached hydrogens (tertiary/aromatic N) is 4. The second-order valence-corrected chi connectivity index (χ2v) is 6.87. The third kappa shape index (κ3) is 2.41. The highest BCUT2D eigenvalue weighted by atomic mass is 79.9. The van der Waals surface area contributed by atoms with Gasteiger partial charge in [-0.25, -0.2) is 0 Å². The molecule has 0 radical (unpaired) electrons. The summed E-state index contributed by atoms with van der Waals surface area (Å²) in [7, 11) is 0. The van der Waals surface area contributed by atoms with Gasteiger partial charge in [-0.2, -0.15) is 10.1 Å². The minimum atomic E-state index is -0.108. The van der Waals surface area contributed by atoms with Gasteiger partial charge in [-0.15, -0.1) is 0 Å². The van der Waals surface area contributed by atoms with Gasteiger partial charge in [-0.05, 0) is 37.5 Å². The van der Waals surface area contributed by atoms with Gasteiger partial charge in [0.25, 0.3) is 5.89 Å². The van der Waals surface area contributed by atoms with Crippen LogP contribution in [-0.4, -0.2) is 19.9 Å². The van der Waals surface area contributed by atoms with Gasteiger partial charge in [-0.3, -0.25) is 4.68 Å². The van der Waals surface area contributed by atoms with Crippen LogP contribution in [0.15, 0.2) is 45.7 Å². The molecule has 0 amide bonds. The van der Waals surface area contributed by atoms with Gasteiger partial charge in [-0.1, -0.05) is 39.6 Å². The van der Waals surface area contributed by atoms with Crippen molar-refractivity contribution in [3.63, 3.8) is 0 Å². The largest absolute Gasteiger partial charge is 0.334 e. The highest BCUT2D eigenvalue weighted by Crippen LogP contribution is 2.48. The molecule has 2 heterocycles. The molecule has 1 aliphatic carbocycles. The van der Waals surface area contributed by atoms with E-state index >= 15 is 0 Å². The first-order chi connectivity index (χ1) is 11.2. The van der Waals surface area contributed by atoms with E-state index < -0.39 is 0 Å². The summed E-state index contributed by atoms with van der Waals surface area (Å²) in [5.41, 5.74) is 2.02. The van der Waals surface area contributed by atoms with Gasteiger partial charge >= 0.3 is 0 Å². The van der Waals surface area contributed by atoms with Crippen LogP contribution < -0.4 is 0 Å². The van der Waals surface area contributed by atoms with E-state index in [0.29, 0.717) is 5.89 Å². The lowest BCUT2D eigenvalue weighted by molar-refractivity contribution is 0.273. The molecule has 5 nitrogen and oxygen atoms in total. The number of halogens is 1. The Morgan fingerprint density at radius 3 is 2.65 bits per heavy atom. The summed E-state index contributed by atoms with van der Waals surface area (Å²) >= 11 is 3.49. The zero-order chi connectivity index (χ0) is 15.9. The summed E-state index contributed by atoms with van der Waals surface area (Å²) in [5, 5.41) is 8.55. The Hall–Kier alpha value is -1.95. The van der Waals surface area contributed by atoms with E-state index in [9.17, 15) is 0 Å². The van der Waals surface area contributed by atoms with E-state index in [1.54, 1.807) is 6.20 Å². The molecule has 0 saturated heterocycles. The molecule has 4 rings (SSSR count). The third-order valence-electron chi connectivity index (χ3n) is 4.66. The average Bonchev–Trinajstić information content (AvgIpc) is 3.17. The average molecular weight is 373 g/mol. The molecular weight excluding hydrogens is 356 g/mol. The van der Waals surface area contributed by atoms with Gasteiger partial charge in [0.2, 0.25) is 0 Å². The smallest absolute Gasteiger partial charge is 0.261 e. The van der Waals surface area contributed by atoms with Gasteiger partial charge < -0.3 is 4.52 Å². The Kier molecular flexibility index (Phi) is 3.56. The molecule has 1 fully saturated rings. The van der Waals surface area contributed by atoms with Crippen molar-refractivity contribution in [3.05, 3.63) is 52.5 Å². The Morgan fingerprint density at radius 1 is 1.26 bits per heavy atom. The molecule has 0 spiro atoms. The van der Waals surface area contributed by atoms with Crippen molar-refractivity contribution in [2.45, 2.75) is 38.1 Å². The Bertz CT molecular complexity index is 817. The van der Waals surface area contributed by atoms with Crippen LogP contribution in [0.2, 0.25) is 0 Å². The molecule has 1 aliphatic rings. The molecule has 0 unspecified atom stereocenters. The van der Waals surface area contributed by atoms with Crippen molar-refractivity contribution in [2.24, 2.45) is 0 Å². The number of hydrogen-bond donors (Lipinski definition) is 0. The molecule has 6 heteroatoms. The number of aryl methyl sites for hydroxylation is 1. The number of rotatable bonds is 4. The van der Waals surface area contributed by atoms with Gasteiger partial charge in [0, 0.05) is 17.2 Å². The lowest BCUT2D eigenvalue weighted by atomic mass is 9.64. The zero-order valence-electron chi connectivity index (χ0n) is 12.9. The van der Waals surface area contributed by atoms with Crippen LogP contribution in [0, 0.1) is 0 Å². The minimum Gasteiger partial charge on any atom is -0.334 e. The highest BCUT2D eigenvalue weighted by Gasteiger charge is 2.44. The van der Waals surface area contributed by atoms with Gasteiger partial charge in [0.1, 0.15) is 0 Å². The normalized spacial score (nSPS) is 16.3. The maximum atomic E-state index is 5.51. The van der Waals surface area contributed by atoms with E-state index in [1.807, 2.05) is 17.8 Å². The molecule has 23 heavy (non-hydrogen) atoms. The van der Waals surface area contributed by atoms with Crippen molar-refractivity contribution in [2.75, 3.05) is 0 Å². The summed E-state index contributed by atoms with van der Waals surface area (Å²) in [5.74, 6) is 1.33. The van der Waals surface area contributed by atoms with Crippen LogP contribution in [0.4, 0.5) is 0 Å². The first kappa shape index (κ1) is 14.6. The van der Waals surface area contributed by atoms with E-state index in [2.05, 4.69) is 55.4 Å². The van der Waals surface area contributed by atoms with E-state index in [4.69, 9.17) is 4.52 Å². The minimum absolute atomic E-state index is 0.108. The van der Waals surface area contributed by atoms with E-state index in [1.165, 1.54) is 12.0 Å². The predicted molar refractivity (Wildman–Crippen MR) is 90.0 cm³/mol. The molecule has 3 aromatic rings. The highest BCUT2D eigenvalue weighted by molar-refractivity contribution is 9.10. The maximum absolute atomic E-state index is 5.51. The fraction of sp³-hybridized carbons (Fsp3) is 0.353. The number of hydrogen-bond acceptors (Lipinski definition) is 4. The topological polar surface area (TPSA) is 56.7 Å². The molecule has 2 aromatic heterocycles. The van der Waals surface area contributed by atoms with Crippen molar-refractivity contribution >= 4 is 15.9 Å². The maximum Gasteiger partial charge on any atom is 0.261 e. The van der Waals surface area contributed by atoms with Crippen molar-refractivity contribution in [1.82, 2.24) is 19.9 Å². The second-order valence-electron chi connectivity index (χ2n) is 5.95. The Balaban J connectivity index is 1.70. The predicted octanol–water partition coefficient (Wildman–Crippen LogP) is 4.19. The van der Waals surface area contributed by atoms with Crippen LogP contribution in [0.3, 0.4) is 0 Å². The molecule has 0 bridgehead atoms. The lowest BCUT2D eigenvalue weighted by Gasteiger charge is -2.39. The Morgan fingerprint density at radius 2 is 2.04 bits per heavy atom. The van der Waals surface area contributed by atoms with Crippen molar-refractivity contribution in [3.8, 4) is 11.5 Å². The fourth-order valence-electron chi connectivity index (χ4n) is 3.12. The van der Waals surface area contributed by atoms with Crippen LogP contribution in [0.5, 0.6) is 0 Å². The van der Waals surface area contributed by atoms with Crippen LogP contribution in [-0.2, 0) is 12.0 Å². The zero-order valence-corrected chi connectivity index (χ0v) is 14.5. The summed E-state index contributed by atoms with van der Waals surface area (Å²) in [6.07, 6.45) is 7.01. The fourth-order valence-corrected chi connectivity index (χ4v) is 3.39. The van der Waals surface area contributed by atoms with Crippen LogP contribution >= 0.6 is 15.9 Å². The first-order valence-corrected chi connectivity index (χ1v) is 8.64. The molecule has 0 aliphatic heterocycles. The molecule has 1 saturated carbocycles. The van der Waals surface area contributed by atoms with E-state index in [-0.39, 0.29) is 5.41 Å². The van der Waals surface area contributed by atoms with Crippen LogP contribution in [0.1, 0.15) is 37.6 Å². The van der Waals surface area contributed by atoms with E-state index in [0.717, 1.165) is 35.2 Å². The lowest BCUT2D eigenvalue weighted by Crippen LogP contribution is -2.36. The number of aromatic nitrogens is 4. The summed E-state index contributed by atoms with van der Waals surface area (Å²) in [6.45, 7) is 2.87. The van der Waals surface area contributed by atoms with Crippen LogP contribution in [0.25, 0.3) is 11.5 Å². The monoisotopic (exact) mass is 372 g/mol. The Labute approximate surface area is 142 Å². The molecular formula is C17H17BrN4O. The van der Waals surface area contributed by atoms with Gasteiger partial charge in [0.15, 0.2) is 5.82 Å². The molecule has 0 N–H and O–H groups in total.